The molecule has 1 atom stereocenters. The number of carbonyl (C=O) groups is 1. The van der Waals surface area contributed by atoms with E-state index in [0.29, 0.717) is 13.1 Å². The maximum absolute atomic E-state index is 13.0. The van der Waals surface area contributed by atoms with E-state index in [9.17, 15) is 9.90 Å². The van der Waals surface area contributed by atoms with Crippen molar-refractivity contribution < 1.29 is 14.6 Å². The number of hydrogen-bond donors (Lipinski definition) is 2. The van der Waals surface area contributed by atoms with Crippen LogP contribution >= 0.6 is 0 Å². The largest absolute Gasteiger partial charge is 0.508 e. The van der Waals surface area contributed by atoms with E-state index in [-0.39, 0.29) is 17.9 Å². The van der Waals surface area contributed by atoms with Gasteiger partial charge in [0.15, 0.2) is 0 Å². The standard InChI is InChI=1S/C22H26N2O3/c25-21-9-2-1-5-18(21)14-24(15-20-8-4-12-27-20)22(26)23-19-11-10-16-6-3-7-17(16)13-19/h1-2,5,9-11,13,20,25H,3-4,6-8,12,14-15H2,(H,23,26)/t20-/m1/s1. The molecular formula is C22H26N2O3. The maximum atomic E-state index is 13.0. The highest BCUT2D eigenvalue weighted by molar-refractivity contribution is 5.89. The Bertz CT molecular complexity index is 815. The minimum absolute atomic E-state index is 0.0571. The van der Waals surface area contributed by atoms with E-state index < -0.39 is 0 Å². The van der Waals surface area contributed by atoms with Gasteiger partial charge in [0, 0.05) is 24.4 Å². The first-order valence-corrected chi connectivity index (χ1v) is 9.75. The molecular weight excluding hydrogens is 340 g/mol. The molecule has 1 heterocycles. The topological polar surface area (TPSA) is 61.8 Å². The first-order chi connectivity index (χ1) is 13.2. The number of carbonyl (C=O) groups excluding carboxylic acids is 1. The Balaban J connectivity index is 1.49. The van der Waals surface area contributed by atoms with Crippen molar-refractivity contribution in [1.29, 1.82) is 0 Å². The van der Waals surface area contributed by atoms with Crippen molar-refractivity contribution >= 4 is 11.7 Å². The SMILES string of the molecule is O=C(Nc1ccc2c(c1)CCC2)N(Cc1ccccc1O)C[C@H]1CCCO1. The van der Waals surface area contributed by atoms with Crippen molar-refractivity contribution in [2.45, 2.75) is 44.8 Å². The lowest BCUT2D eigenvalue weighted by atomic mass is 10.1. The molecule has 142 valence electrons. The van der Waals surface area contributed by atoms with Gasteiger partial charge in [-0.1, -0.05) is 24.3 Å². The summed E-state index contributed by atoms with van der Waals surface area (Å²) in [5.74, 6) is 0.208. The number of nitrogens with one attached hydrogen (secondary N) is 1. The lowest BCUT2D eigenvalue weighted by Crippen LogP contribution is -2.39. The number of benzene rings is 2. The van der Waals surface area contributed by atoms with E-state index in [4.69, 9.17) is 4.74 Å². The number of anilines is 1. The highest BCUT2D eigenvalue weighted by Crippen LogP contribution is 2.26. The van der Waals surface area contributed by atoms with Gasteiger partial charge in [0.05, 0.1) is 12.6 Å². The number of urea groups is 1. The van der Waals surface area contributed by atoms with Crippen molar-refractivity contribution in [3.63, 3.8) is 0 Å². The summed E-state index contributed by atoms with van der Waals surface area (Å²) >= 11 is 0. The summed E-state index contributed by atoms with van der Waals surface area (Å²) in [7, 11) is 0. The third kappa shape index (κ3) is 4.25. The summed E-state index contributed by atoms with van der Waals surface area (Å²) in [6.45, 7) is 1.62. The molecule has 27 heavy (non-hydrogen) atoms. The van der Waals surface area contributed by atoms with Gasteiger partial charge in [-0.05, 0) is 61.4 Å². The van der Waals surface area contributed by atoms with Crippen LogP contribution in [0.4, 0.5) is 10.5 Å². The quantitative estimate of drug-likeness (QED) is 0.838. The molecule has 2 aromatic carbocycles. The Hall–Kier alpha value is -2.53. The average molecular weight is 366 g/mol. The second-order valence-electron chi connectivity index (χ2n) is 7.41. The van der Waals surface area contributed by atoms with Crippen LogP contribution in [0, 0.1) is 0 Å². The van der Waals surface area contributed by atoms with Crippen LogP contribution in [-0.2, 0) is 24.1 Å². The number of para-hydroxylation sites is 1. The van der Waals surface area contributed by atoms with Gasteiger partial charge in [0.2, 0.25) is 0 Å². The molecule has 1 fully saturated rings. The van der Waals surface area contributed by atoms with Gasteiger partial charge in [-0.15, -0.1) is 0 Å². The molecule has 0 bridgehead atoms. The fourth-order valence-corrected chi connectivity index (χ4v) is 3.96. The fraction of sp³-hybridized carbons (Fsp3) is 0.409. The minimum Gasteiger partial charge on any atom is -0.508 e. The molecule has 1 aliphatic carbocycles. The van der Waals surface area contributed by atoms with Crippen LogP contribution < -0.4 is 5.32 Å². The number of amides is 2. The normalized spacial score (nSPS) is 18.3. The van der Waals surface area contributed by atoms with Crippen LogP contribution in [0.25, 0.3) is 0 Å². The predicted molar refractivity (Wildman–Crippen MR) is 105 cm³/mol. The lowest BCUT2D eigenvalue weighted by molar-refractivity contribution is 0.0817. The zero-order valence-electron chi connectivity index (χ0n) is 15.5. The maximum Gasteiger partial charge on any atom is 0.322 e. The number of nitrogens with zero attached hydrogens (tertiary/aromatic N) is 1. The van der Waals surface area contributed by atoms with Gasteiger partial charge in [-0.2, -0.15) is 0 Å². The predicted octanol–water partition coefficient (Wildman–Crippen LogP) is 4.09. The van der Waals surface area contributed by atoms with Crippen molar-refractivity contribution in [3.8, 4) is 5.75 Å². The average Bonchev–Trinajstić information content (AvgIpc) is 3.34. The van der Waals surface area contributed by atoms with Crippen LogP contribution in [0.2, 0.25) is 0 Å². The number of phenolic OH excluding ortho intramolecular Hbond substituents is 1. The van der Waals surface area contributed by atoms with Crippen LogP contribution in [0.3, 0.4) is 0 Å². The van der Waals surface area contributed by atoms with E-state index in [2.05, 4.69) is 17.4 Å². The molecule has 1 saturated heterocycles. The van der Waals surface area contributed by atoms with Crippen molar-refractivity contribution in [3.05, 3.63) is 59.2 Å². The molecule has 1 aliphatic heterocycles. The molecule has 2 aromatic rings. The number of aryl methyl sites for hydroxylation is 2. The zero-order chi connectivity index (χ0) is 18.6. The molecule has 2 amide bonds. The van der Waals surface area contributed by atoms with Gasteiger partial charge in [0.1, 0.15) is 5.75 Å². The van der Waals surface area contributed by atoms with Crippen LogP contribution in [0.1, 0.15) is 36.0 Å². The second kappa shape index (κ2) is 8.01. The number of hydrogen-bond acceptors (Lipinski definition) is 3. The molecule has 0 radical (unpaired) electrons. The smallest absolute Gasteiger partial charge is 0.322 e. The van der Waals surface area contributed by atoms with E-state index in [1.165, 1.54) is 17.5 Å². The van der Waals surface area contributed by atoms with Crippen LogP contribution in [0.15, 0.2) is 42.5 Å². The molecule has 0 aromatic heterocycles. The van der Waals surface area contributed by atoms with E-state index in [1.807, 2.05) is 18.2 Å². The molecule has 5 heteroatoms. The Labute approximate surface area is 160 Å². The van der Waals surface area contributed by atoms with E-state index in [0.717, 1.165) is 43.5 Å². The summed E-state index contributed by atoms with van der Waals surface area (Å²) < 4.78 is 5.73. The number of phenols is 1. The van der Waals surface area contributed by atoms with Gasteiger partial charge in [-0.25, -0.2) is 4.79 Å². The second-order valence-corrected chi connectivity index (χ2v) is 7.41. The summed E-state index contributed by atoms with van der Waals surface area (Å²) in [6.07, 6.45) is 5.44. The molecule has 0 unspecified atom stereocenters. The molecule has 4 rings (SSSR count). The number of fused-ring (bicyclic) bond motifs is 1. The molecule has 0 saturated carbocycles. The summed E-state index contributed by atoms with van der Waals surface area (Å²) in [6, 6.07) is 13.2. The Kier molecular flexibility index (Phi) is 5.30. The van der Waals surface area contributed by atoms with Gasteiger partial charge >= 0.3 is 6.03 Å². The zero-order valence-corrected chi connectivity index (χ0v) is 15.5. The van der Waals surface area contributed by atoms with Gasteiger partial charge in [0.25, 0.3) is 0 Å². The lowest BCUT2D eigenvalue weighted by Gasteiger charge is -2.26. The van der Waals surface area contributed by atoms with Crippen LogP contribution in [-0.4, -0.2) is 35.3 Å². The number of rotatable bonds is 5. The Morgan fingerprint density at radius 3 is 2.81 bits per heavy atom. The van der Waals surface area contributed by atoms with Crippen molar-refractivity contribution in [2.24, 2.45) is 0 Å². The van der Waals surface area contributed by atoms with E-state index in [1.54, 1.807) is 17.0 Å². The minimum atomic E-state index is -0.160. The fourth-order valence-electron chi connectivity index (χ4n) is 3.96. The van der Waals surface area contributed by atoms with Crippen molar-refractivity contribution in [1.82, 2.24) is 4.90 Å². The van der Waals surface area contributed by atoms with Crippen LogP contribution in [0.5, 0.6) is 5.75 Å². The monoisotopic (exact) mass is 366 g/mol. The third-order valence-electron chi connectivity index (χ3n) is 5.44. The molecule has 2 N–H and O–H groups in total. The first-order valence-electron chi connectivity index (χ1n) is 9.75. The third-order valence-corrected chi connectivity index (χ3v) is 5.44. The summed E-state index contributed by atoms with van der Waals surface area (Å²) in [5.41, 5.74) is 4.28. The van der Waals surface area contributed by atoms with Gasteiger partial charge < -0.3 is 20.1 Å². The Morgan fingerprint density at radius 2 is 2.00 bits per heavy atom. The first kappa shape index (κ1) is 17.9. The molecule has 5 nitrogen and oxygen atoms in total. The molecule has 2 aliphatic rings. The van der Waals surface area contributed by atoms with Gasteiger partial charge in [-0.3, -0.25) is 0 Å². The summed E-state index contributed by atoms with van der Waals surface area (Å²) in [4.78, 5) is 14.7. The van der Waals surface area contributed by atoms with E-state index >= 15 is 0 Å². The number of ether oxygens (including phenoxy) is 1. The summed E-state index contributed by atoms with van der Waals surface area (Å²) in [5, 5.41) is 13.1. The highest BCUT2D eigenvalue weighted by Gasteiger charge is 2.24. The Morgan fingerprint density at radius 1 is 1.15 bits per heavy atom. The molecule has 0 spiro atoms. The number of aromatic hydroxyl groups is 1. The highest BCUT2D eigenvalue weighted by atomic mass is 16.5. The van der Waals surface area contributed by atoms with Crippen molar-refractivity contribution in [2.75, 3.05) is 18.5 Å².